The normalized spacial score (nSPS) is 10.1. The molecule has 0 amide bonds. The molecule has 0 saturated heterocycles. The molecule has 0 N–H and O–H groups in total. The molecule has 0 aliphatic rings. The maximum absolute atomic E-state index is 6.25. The molecule has 2 heteroatoms. The van der Waals surface area contributed by atoms with Crippen LogP contribution in [0.3, 0.4) is 0 Å². The van der Waals surface area contributed by atoms with Gasteiger partial charge in [0.1, 0.15) is 0 Å². The number of para-hydroxylation sites is 1. The number of terminal acetylenes is 8. The van der Waals surface area contributed by atoms with E-state index in [9.17, 15) is 0 Å². The molecule has 0 aromatic heterocycles. The second-order valence-electron chi connectivity index (χ2n) is 16.4. The first-order chi connectivity index (χ1) is 35.4. The van der Waals surface area contributed by atoms with Gasteiger partial charge < -0.3 is 9.80 Å². The van der Waals surface area contributed by atoms with Gasteiger partial charge in [-0.1, -0.05) is 150 Å². The van der Waals surface area contributed by atoms with Crippen LogP contribution >= 0.6 is 0 Å². The molecule has 0 aliphatic heterocycles. The van der Waals surface area contributed by atoms with Gasteiger partial charge in [-0.3, -0.25) is 0 Å². The van der Waals surface area contributed by atoms with E-state index in [0.717, 1.165) is 78.6 Å². The molecule has 0 unspecified atom stereocenters. The van der Waals surface area contributed by atoms with E-state index >= 15 is 0 Å². The van der Waals surface area contributed by atoms with Crippen LogP contribution in [-0.2, 0) is 0 Å². The quantitative estimate of drug-likeness (QED) is 0.126. The first-order valence-electron chi connectivity index (χ1n) is 22.7. The molecule has 330 valence electrons. The second-order valence-corrected chi connectivity index (χ2v) is 16.4. The van der Waals surface area contributed by atoms with Gasteiger partial charge in [0, 0.05) is 56.1 Å². The Labute approximate surface area is 423 Å². The van der Waals surface area contributed by atoms with Gasteiger partial charge in [0.2, 0.25) is 0 Å². The molecule has 0 heterocycles. The molecule has 0 bridgehead atoms. The number of anilines is 6. The largest absolute Gasteiger partial charge is 0.309 e. The predicted molar refractivity (Wildman–Crippen MR) is 301 cm³/mol. The second kappa shape index (κ2) is 20.5. The Morgan fingerprint density at radius 3 is 1.08 bits per heavy atom. The average Bonchev–Trinajstić information content (AvgIpc) is 3.45. The lowest BCUT2D eigenvalue weighted by Gasteiger charge is -2.28. The van der Waals surface area contributed by atoms with E-state index < -0.39 is 0 Å². The zero-order valence-electron chi connectivity index (χ0n) is 39.0. The Hall–Kier alpha value is -10.9. The molecular formula is C70H40N2. The Kier molecular flexibility index (Phi) is 13.2. The minimum absolute atomic E-state index is 0.592. The van der Waals surface area contributed by atoms with E-state index in [2.05, 4.69) is 142 Å². The van der Waals surface area contributed by atoms with Crippen LogP contribution in [0, 0.1) is 98.8 Å². The molecule has 0 radical (unpaired) electrons. The van der Waals surface area contributed by atoms with Gasteiger partial charge in [-0.15, -0.1) is 51.4 Å². The fraction of sp³-hybridized carbons (Fsp3) is 0. The van der Waals surface area contributed by atoms with Crippen LogP contribution in [-0.4, -0.2) is 0 Å². The van der Waals surface area contributed by atoms with E-state index in [1.807, 2.05) is 109 Å². The highest BCUT2D eigenvalue weighted by molar-refractivity contribution is 5.93. The highest BCUT2D eigenvalue weighted by Crippen LogP contribution is 2.44. The molecule has 0 atom stereocenters. The fourth-order valence-corrected chi connectivity index (χ4v) is 9.15. The Morgan fingerprint density at radius 1 is 0.236 bits per heavy atom. The smallest absolute Gasteiger partial charge is 0.0639 e. The number of hydrogen-bond acceptors (Lipinski definition) is 2. The third-order valence-electron chi connectivity index (χ3n) is 12.5. The molecular weight excluding hydrogens is 869 g/mol. The maximum Gasteiger partial charge on any atom is 0.0639 e. The maximum atomic E-state index is 6.25. The van der Waals surface area contributed by atoms with Crippen molar-refractivity contribution in [3.05, 3.63) is 239 Å². The lowest BCUT2D eigenvalue weighted by molar-refractivity contribution is 1.27. The van der Waals surface area contributed by atoms with Crippen molar-refractivity contribution in [2.45, 2.75) is 0 Å². The summed E-state index contributed by atoms with van der Waals surface area (Å²) < 4.78 is 0. The number of benzene rings is 9. The first kappa shape index (κ1) is 46.2. The summed E-state index contributed by atoms with van der Waals surface area (Å²) in [5.74, 6) is 22.5. The van der Waals surface area contributed by atoms with E-state index in [0.29, 0.717) is 44.5 Å². The number of rotatable bonds is 10. The average molecular weight is 909 g/mol. The third kappa shape index (κ3) is 8.61. The van der Waals surface area contributed by atoms with Crippen molar-refractivity contribution in [1.82, 2.24) is 0 Å². The zero-order valence-corrected chi connectivity index (χ0v) is 39.0. The van der Waals surface area contributed by atoms with Crippen LogP contribution in [0.15, 0.2) is 194 Å². The molecule has 0 spiro atoms. The van der Waals surface area contributed by atoms with Crippen molar-refractivity contribution in [3.63, 3.8) is 0 Å². The molecule has 0 aliphatic carbocycles. The predicted octanol–water partition coefficient (Wildman–Crippen LogP) is 15.1. The summed E-state index contributed by atoms with van der Waals surface area (Å²) in [7, 11) is 0. The standard InChI is InChI=1S/C70H40N2/c1-9-49-25-21-33-65(61(49)13-5)67-46-41-56(48-68(67)66-34-22-26-50(10-2)62(66)14-6)55-29-20-32-60(47-55)72(70-36-24-28-52(12-4)64(70)16-8)59-44-39-54(40-45-59)53-37-42-58(43-38-53)71(57-30-18-17-19-31-57)69-35-23-27-51(11-3)63(69)15-7/h1-8,17-48H. The van der Waals surface area contributed by atoms with E-state index in [4.69, 9.17) is 51.4 Å². The fourth-order valence-electron chi connectivity index (χ4n) is 9.15. The van der Waals surface area contributed by atoms with Crippen LogP contribution in [0.1, 0.15) is 44.5 Å². The van der Waals surface area contributed by atoms with Gasteiger partial charge in [-0.2, -0.15) is 0 Å². The minimum Gasteiger partial charge on any atom is -0.309 e. The molecule has 9 rings (SSSR count). The van der Waals surface area contributed by atoms with Crippen LogP contribution in [0.4, 0.5) is 34.1 Å². The number of hydrogen-bond donors (Lipinski definition) is 0. The highest BCUT2D eigenvalue weighted by Gasteiger charge is 2.22. The van der Waals surface area contributed by atoms with Gasteiger partial charge in [0.05, 0.1) is 22.5 Å². The monoisotopic (exact) mass is 908 g/mol. The van der Waals surface area contributed by atoms with Crippen LogP contribution in [0.25, 0.3) is 44.5 Å². The summed E-state index contributed by atoms with van der Waals surface area (Å²) in [5, 5.41) is 0. The van der Waals surface area contributed by atoms with Crippen LogP contribution in [0.2, 0.25) is 0 Å². The van der Waals surface area contributed by atoms with Crippen LogP contribution < -0.4 is 9.80 Å². The van der Waals surface area contributed by atoms with E-state index in [1.165, 1.54) is 0 Å². The van der Waals surface area contributed by atoms with E-state index in [1.54, 1.807) is 0 Å². The zero-order chi connectivity index (χ0) is 50.1. The molecule has 0 fully saturated rings. The van der Waals surface area contributed by atoms with Crippen molar-refractivity contribution >= 4 is 34.1 Å². The summed E-state index contributed by atoms with van der Waals surface area (Å²) in [6.45, 7) is 0. The third-order valence-corrected chi connectivity index (χ3v) is 12.5. The lowest BCUT2D eigenvalue weighted by atomic mass is 9.85. The Morgan fingerprint density at radius 2 is 0.611 bits per heavy atom. The van der Waals surface area contributed by atoms with Crippen molar-refractivity contribution < 1.29 is 0 Å². The molecule has 0 saturated carbocycles. The Bertz CT molecular complexity index is 3940. The van der Waals surface area contributed by atoms with E-state index in [-0.39, 0.29) is 0 Å². The van der Waals surface area contributed by atoms with Gasteiger partial charge >= 0.3 is 0 Å². The molecule has 2 nitrogen and oxygen atoms in total. The first-order valence-corrected chi connectivity index (χ1v) is 22.7. The van der Waals surface area contributed by atoms with Crippen molar-refractivity contribution in [1.29, 1.82) is 0 Å². The highest BCUT2D eigenvalue weighted by atomic mass is 15.1. The summed E-state index contributed by atoms with van der Waals surface area (Å²) in [4.78, 5) is 4.25. The summed E-state index contributed by atoms with van der Waals surface area (Å²) in [6, 6.07) is 64.3. The van der Waals surface area contributed by atoms with Crippen molar-refractivity contribution in [2.75, 3.05) is 9.80 Å². The molecule has 9 aromatic rings. The molecule has 72 heavy (non-hydrogen) atoms. The van der Waals surface area contributed by atoms with Gasteiger partial charge in [0.25, 0.3) is 0 Å². The minimum atomic E-state index is 0.592. The number of nitrogens with zero attached hydrogens (tertiary/aromatic N) is 2. The lowest BCUT2D eigenvalue weighted by Crippen LogP contribution is -2.12. The SMILES string of the molecule is C#Cc1cccc(-c2ccc(-c3cccc(N(c4ccc(-c5ccc(N(c6ccccc6)c6cccc(C#C)c6C#C)cc5)cc4)c4cccc(C#C)c4C#C)c3)cc2-c2cccc(C#C)c2C#C)c1C#C. The van der Waals surface area contributed by atoms with Gasteiger partial charge in [-0.05, 0) is 136 Å². The van der Waals surface area contributed by atoms with Gasteiger partial charge in [-0.25, -0.2) is 0 Å². The summed E-state index contributed by atoms with van der Waals surface area (Å²) in [6.07, 6.45) is 48.4. The van der Waals surface area contributed by atoms with Crippen molar-refractivity contribution in [3.8, 4) is 143 Å². The van der Waals surface area contributed by atoms with Crippen molar-refractivity contribution in [2.24, 2.45) is 0 Å². The summed E-state index contributed by atoms with van der Waals surface area (Å²) >= 11 is 0. The topological polar surface area (TPSA) is 6.48 Å². The Balaban J connectivity index is 1.14. The van der Waals surface area contributed by atoms with Crippen LogP contribution in [0.5, 0.6) is 0 Å². The van der Waals surface area contributed by atoms with Gasteiger partial charge in [0.15, 0.2) is 0 Å². The summed E-state index contributed by atoms with van der Waals surface area (Å²) in [5.41, 5.74) is 17.2. The molecule has 9 aromatic carbocycles.